The van der Waals surface area contributed by atoms with Crippen LogP contribution in [0.5, 0.6) is 11.5 Å². The third kappa shape index (κ3) is 6.83. The number of nitrogens with zero attached hydrogens (tertiary/aromatic N) is 4. The lowest BCUT2D eigenvalue weighted by Crippen LogP contribution is -2.44. The Bertz CT molecular complexity index is 1060. The monoisotopic (exact) mass is 493 g/mol. The van der Waals surface area contributed by atoms with Gasteiger partial charge in [-0.25, -0.2) is 9.97 Å². The molecule has 1 aliphatic rings. The third-order valence-electron chi connectivity index (χ3n) is 5.29. The van der Waals surface area contributed by atoms with Crippen LogP contribution in [0.25, 0.3) is 10.9 Å². The lowest BCUT2D eigenvalue weighted by molar-refractivity contribution is -0.133. The maximum Gasteiger partial charge on any atom is 0.236 e. The largest absolute Gasteiger partial charge is 0.508 e. The van der Waals surface area contributed by atoms with E-state index < -0.39 is 0 Å². The Morgan fingerprint density at radius 2 is 1.82 bits per heavy atom. The summed E-state index contributed by atoms with van der Waals surface area (Å²) in [6.45, 7) is 1.86. The Morgan fingerprint density at radius 1 is 1.12 bits per heavy atom. The van der Waals surface area contributed by atoms with Gasteiger partial charge in [0, 0.05) is 37.0 Å². The van der Waals surface area contributed by atoms with Gasteiger partial charge in [-0.05, 0) is 56.6 Å². The van der Waals surface area contributed by atoms with Crippen molar-refractivity contribution in [1.29, 1.82) is 0 Å². The number of carbonyl (C=O) groups excluding carboxylic acids is 1. The van der Waals surface area contributed by atoms with Crippen molar-refractivity contribution in [3.05, 3.63) is 48.8 Å². The molecular formula is C23H29Cl2N5O3. The molecule has 1 amide bonds. The molecule has 4 rings (SSSR count). The van der Waals surface area contributed by atoms with Gasteiger partial charge in [0.2, 0.25) is 5.91 Å². The van der Waals surface area contributed by atoms with Gasteiger partial charge in [-0.15, -0.1) is 24.8 Å². The molecule has 0 radical (unpaired) electrons. The highest BCUT2D eigenvalue weighted by atomic mass is 35.5. The molecule has 1 aliphatic heterocycles. The smallest absolute Gasteiger partial charge is 0.236 e. The number of phenols is 1. The molecule has 33 heavy (non-hydrogen) atoms. The number of fused-ring (bicyclic) bond motifs is 1. The fraction of sp³-hybridized carbons (Fsp3) is 0.348. The molecule has 178 valence electrons. The Morgan fingerprint density at radius 3 is 2.48 bits per heavy atom. The molecule has 2 N–H and O–H groups in total. The summed E-state index contributed by atoms with van der Waals surface area (Å²) in [7, 11) is 3.81. The van der Waals surface area contributed by atoms with E-state index in [0.717, 1.165) is 35.2 Å². The number of likely N-dealkylation sites (tertiary alicyclic amines) is 1. The summed E-state index contributed by atoms with van der Waals surface area (Å²) in [4.78, 5) is 24.8. The number of aromatic nitrogens is 2. The molecule has 0 aliphatic carbocycles. The summed E-state index contributed by atoms with van der Waals surface area (Å²) in [6, 6.07) is 12.6. The van der Waals surface area contributed by atoms with E-state index in [9.17, 15) is 9.90 Å². The van der Waals surface area contributed by atoms with Crippen LogP contribution in [0.2, 0.25) is 0 Å². The zero-order valence-corrected chi connectivity index (χ0v) is 20.2. The lowest BCUT2D eigenvalue weighted by atomic mass is 10.1. The summed E-state index contributed by atoms with van der Waals surface area (Å²) >= 11 is 0. The van der Waals surface area contributed by atoms with Gasteiger partial charge < -0.3 is 25.0 Å². The molecule has 0 unspecified atom stereocenters. The number of ether oxygens (including phenoxy) is 1. The SMILES string of the molecule is CN(C)CC(=O)N1CCC(Oc2ccc3ncnc(Nc4ccc(O)cc4)c3c2)CC1.Cl.Cl. The summed E-state index contributed by atoms with van der Waals surface area (Å²) in [5.74, 6) is 1.80. The average molecular weight is 494 g/mol. The number of hydrogen-bond acceptors (Lipinski definition) is 7. The summed E-state index contributed by atoms with van der Waals surface area (Å²) in [5, 5.41) is 13.6. The predicted octanol–water partition coefficient (Wildman–Crippen LogP) is 3.85. The molecule has 8 nitrogen and oxygen atoms in total. The predicted molar refractivity (Wildman–Crippen MR) is 134 cm³/mol. The minimum atomic E-state index is 0. The first-order valence-corrected chi connectivity index (χ1v) is 10.4. The number of carbonyl (C=O) groups is 1. The first kappa shape index (κ1) is 26.4. The van der Waals surface area contributed by atoms with E-state index in [1.165, 1.54) is 6.33 Å². The van der Waals surface area contributed by atoms with Crippen LogP contribution in [0.15, 0.2) is 48.8 Å². The standard InChI is InChI=1S/C23H27N5O3.2ClH/c1-27(2)14-22(30)28-11-9-18(10-12-28)31-19-7-8-21-20(13-19)23(25-15-24-21)26-16-3-5-17(29)6-4-16;;/h3-8,13,15,18,29H,9-12,14H2,1-2H3,(H,24,25,26);2*1H. The molecule has 0 bridgehead atoms. The molecule has 2 aromatic carbocycles. The molecule has 0 spiro atoms. The van der Waals surface area contributed by atoms with E-state index >= 15 is 0 Å². The van der Waals surface area contributed by atoms with Crippen molar-refractivity contribution in [2.24, 2.45) is 0 Å². The fourth-order valence-corrected chi connectivity index (χ4v) is 3.68. The van der Waals surface area contributed by atoms with Crippen LogP contribution < -0.4 is 10.1 Å². The molecule has 2 heterocycles. The van der Waals surface area contributed by atoms with Gasteiger partial charge in [0.05, 0.1) is 12.1 Å². The second-order valence-corrected chi connectivity index (χ2v) is 8.01. The zero-order chi connectivity index (χ0) is 21.8. The number of amides is 1. The van der Waals surface area contributed by atoms with Gasteiger partial charge in [0.25, 0.3) is 0 Å². The number of piperidine rings is 1. The van der Waals surface area contributed by atoms with Crippen molar-refractivity contribution in [3.63, 3.8) is 0 Å². The first-order chi connectivity index (χ1) is 15.0. The second kappa shape index (κ2) is 11.9. The van der Waals surface area contributed by atoms with Crippen LogP contribution in [-0.2, 0) is 4.79 Å². The van der Waals surface area contributed by atoms with Crippen molar-refractivity contribution in [3.8, 4) is 11.5 Å². The van der Waals surface area contributed by atoms with Gasteiger partial charge in [-0.2, -0.15) is 0 Å². The van der Waals surface area contributed by atoms with Crippen LogP contribution in [0, 0.1) is 0 Å². The Labute approximate surface area is 205 Å². The molecule has 0 atom stereocenters. The molecular weight excluding hydrogens is 465 g/mol. The highest BCUT2D eigenvalue weighted by Gasteiger charge is 2.24. The number of benzene rings is 2. The molecule has 10 heteroatoms. The van der Waals surface area contributed by atoms with E-state index in [1.807, 2.05) is 42.1 Å². The number of rotatable bonds is 6. The van der Waals surface area contributed by atoms with Crippen LogP contribution in [0.1, 0.15) is 12.8 Å². The number of halogens is 2. The van der Waals surface area contributed by atoms with E-state index in [1.54, 1.807) is 24.3 Å². The zero-order valence-electron chi connectivity index (χ0n) is 18.6. The number of aromatic hydroxyl groups is 1. The topological polar surface area (TPSA) is 90.8 Å². The normalized spacial score (nSPS) is 13.8. The van der Waals surface area contributed by atoms with Gasteiger partial charge in [-0.1, -0.05) is 0 Å². The van der Waals surface area contributed by atoms with Crippen molar-refractivity contribution in [2.75, 3.05) is 39.0 Å². The van der Waals surface area contributed by atoms with Crippen molar-refractivity contribution >= 4 is 53.1 Å². The minimum Gasteiger partial charge on any atom is -0.508 e. The van der Waals surface area contributed by atoms with Gasteiger partial charge in [0.15, 0.2) is 0 Å². The Kier molecular flexibility index (Phi) is 9.52. The van der Waals surface area contributed by atoms with Crippen LogP contribution in [-0.4, -0.2) is 70.6 Å². The number of anilines is 2. The highest BCUT2D eigenvalue weighted by molar-refractivity contribution is 5.91. The summed E-state index contributed by atoms with van der Waals surface area (Å²) in [5.41, 5.74) is 1.63. The summed E-state index contributed by atoms with van der Waals surface area (Å²) in [6.07, 6.45) is 3.20. The molecule has 1 saturated heterocycles. The third-order valence-corrected chi connectivity index (χ3v) is 5.29. The molecule has 1 fully saturated rings. The second-order valence-electron chi connectivity index (χ2n) is 8.01. The number of likely N-dealkylation sites (N-methyl/N-ethyl adjacent to an activating group) is 1. The van der Waals surface area contributed by atoms with E-state index in [-0.39, 0.29) is 42.6 Å². The molecule has 3 aromatic rings. The maximum absolute atomic E-state index is 12.2. The number of hydrogen-bond donors (Lipinski definition) is 2. The van der Waals surface area contributed by atoms with E-state index in [2.05, 4.69) is 15.3 Å². The maximum atomic E-state index is 12.2. The number of phenolic OH excluding ortho intramolecular Hbond substituents is 1. The first-order valence-electron chi connectivity index (χ1n) is 10.4. The van der Waals surface area contributed by atoms with Gasteiger partial charge in [-0.3, -0.25) is 4.79 Å². The molecule has 0 saturated carbocycles. The lowest BCUT2D eigenvalue weighted by Gasteiger charge is -2.32. The average Bonchev–Trinajstić information content (AvgIpc) is 2.76. The van der Waals surface area contributed by atoms with Crippen molar-refractivity contribution in [2.45, 2.75) is 18.9 Å². The van der Waals surface area contributed by atoms with Crippen molar-refractivity contribution in [1.82, 2.24) is 19.8 Å². The molecule has 1 aromatic heterocycles. The van der Waals surface area contributed by atoms with E-state index in [0.29, 0.717) is 25.5 Å². The van der Waals surface area contributed by atoms with Gasteiger partial charge >= 0.3 is 0 Å². The number of nitrogens with one attached hydrogen (secondary N) is 1. The Balaban J connectivity index is 0.00000193. The Hall–Kier alpha value is -2.81. The van der Waals surface area contributed by atoms with Crippen LogP contribution in [0.3, 0.4) is 0 Å². The van der Waals surface area contributed by atoms with Gasteiger partial charge in [0.1, 0.15) is 29.7 Å². The fourth-order valence-electron chi connectivity index (χ4n) is 3.68. The highest BCUT2D eigenvalue weighted by Crippen LogP contribution is 2.28. The van der Waals surface area contributed by atoms with E-state index in [4.69, 9.17) is 4.74 Å². The summed E-state index contributed by atoms with van der Waals surface area (Å²) < 4.78 is 6.23. The quantitative estimate of drug-likeness (QED) is 0.503. The van der Waals surface area contributed by atoms with Crippen LogP contribution in [0.4, 0.5) is 11.5 Å². The van der Waals surface area contributed by atoms with Crippen molar-refractivity contribution < 1.29 is 14.6 Å². The van der Waals surface area contributed by atoms with Crippen LogP contribution >= 0.6 is 24.8 Å². The minimum absolute atomic E-state index is 0.